The molecule has 0 aliphatic heterocycles. The van der Waals surface area contributed by atoms with Crippen molar-refractivity contribution in [2.45, 2.75) is 39.7 Å². The first-order chi connectivity index (χ1) is 8.10. The predicted octanol–water partition coefficient (Wildman–Crippen LogP) is 0.600. The number of H-pyrrole nitrogens is 1. The molecule has 0 bridgehead atoms. The zero-order valence-corrected chi connectivity index (χ0v) is 10.6. The van der Waals surface area contributed by atoms with Gasteiger partial charge in [0.2, 0.25) is 5.82 Å². The molecule has 0 unspecified atom stereocenters. The van der Waals surface area contributed by atoms with Gasteiger partial charge in [0.05, 0.1) is 0 Å². The minimum absolute atomic E-state index is 0.0672. The number of carbonyl (C=O) groups is 1. The summed E-state index contributed by atoms with van der Waals surface area (Å²) in [6.45, 7) is 6.40. The number of nitrogens with one attached hydrogen (secondary N) is 1. The topological polar surface area (TPSA) is 82.1 Å². The molecule has 6 nitrogen and oxygen atoms in total. The van der Waals surface area contributed by atoms with Crippen molar-refractivity contribution in [1.82, 2.24) is 20.1 Å². The standard InChI is InChI=1S/C11H20N4O2/c1-4-9-12-10(14-13-9)11(17)15(8(2)3)6-5-7-16/h8,16H,4-7H2,1-3H3,(H,12,13,14). The second-order valence-electron chi connectivity index (χ2n) is 4.13. The Kier molecular flexibility index (Phi) is 5.09. The van der Waals surface area contributed by atoms with Crippen LogP contribution in [0.4, 0.5) is 0 Å². The lowest BCUT2D eigenvalue weighted by atomic mass is 10.2. The highest BCUT2D eigenvalue weighted by Crippen LogP contribution is 2.06. The Balaban J connectivity index is 2.76. The van der Waals surface area contributed by atoms with Crippen LogP contribution in [0.15, 0.2) is 0 Å². The molecule has 1 aromatic heterocycles. The van der Waals surface area contributed by atoms with Crippen LogP contribution in [0.1, 0.15) is 43.6 Å². The highest BCUT2D eigenvalue weighted by molar-refractivity contribution is 5.90. The third kappa shape index (κ3) is 3.52. The van der Waals surface area contributed by atoms with Crippen molar-refractivity contribution in [3.8, 4) is 0 Å². The van der Waals surface area contributed by atoms with Crippen LogP contribution < -0.4 is 0 Å². The van der Waals surface area contributed by atoms with Gasteiger partial charge in [0.25, 0.3) is 5.91 Å². The quantitative estimate of drug-likeness (QED) is 0.763. The van der Waals surface area contributed by atoms with Crippen molar-refractivity contribution in [2.75, 3.05) is 13.2 Å². The van der Waals surface area contributed by atoms with Crippen LogP contribution in [0.25, 0.3) is 0 Å². The molecule has 0 aromatic carbocycles. The van der Waals surface area contributed by atoms with Gasteiger partial charge in [-0.3, -0.25) is 9.89 Å². The largest absolute Gasteiger partial charge is 0.396 e. The lowest BCUT2D eigenvalue weighted by molar-refractivity contribution is 0.0681. The van der Waals surface area contributed by atoms with E-state index in [0.717, 1.165) is 6.42 Å². The molecule has 0 atom stereocenters. The van der Waals surface area contributed by atoms with Gasteiger partial charge in [-0.1, -0.05) is 6.92 Å². The molecule has 0 aliphatic carbocycles. The van der Waals surface area contributed by atoms with Crippen LogP contribution in [0.3, 0.4) is 0 Å². The fourth-order valence-corrected chi connectivity index (χ4v) is 1.51. The van der Waals surface area contributed by atoms with E-state index in [2.05, 4.69) is 15.2 Å². The molecule has 1 amide bonds. The molecular formula is C11H20N4O2. The first kappa shape index (κ1) is 13.6. The molecule has 0 saturated carbocycles. The number of carbonyl (C=O) groups excluding carboxylic acids is 1. The summed E-state index contributed by atoms with van der Waals surface area (Å²) in [6, 6.07) is 0.0672. The Hall–Kier alpha value is -1.43. The molecule has 2 N–H and O–H groups in total. The van der Waals surface area contributed by atoms with Crippen molar-refractivity contribution in [1.29, 1.82) is 0 Å². The number of hydrogen-bond acceptors (Lipinski definition) is 4. The number of aryl methyl sites for hydroxylation is 1. The summed E-state index contributed by atoms with van der Waals surface area (Å²) >= 11 is 0. The molecule has 1 rings (SSSR count). The minimum atomic E-state index is -0.190. The molecule has 0 saturated heterocycles. The van der Waals surface area contributed by atoms with E-state index in [1.807, 2.05) is 20.8 Å². The summed E-state index contributed by atoms with van der Waals surface area (Å²) in [5.74, 6) is 0.720. The Morgan fingerprint density at radius 2 is 2.24 bits per heavy atom. The second kappa shape index (κ2) is 6.34. The van der Waals surface area contributed by atoms with Crippen LogP contribution >= 0.6 is 0 Å². The molecule has 17 heavy (non-hydrogen) atoms. The van der Waals surface area contributed by atoms with E-state index >= 15 is 0 Å². The van der Waals surface area contributed by atoms with Crippen molar-refractivity contribution < 1.29 is 9.90 Å². The van der Waals surface area contributed by atoms with Crippen LogP contribution in [0.2, 0.25) is 0 Å². The SMILES string of the molecule is CCc1nc(C(=O)N(CCCO)C(C)C)n[nH]1. The zero-order valence-electron chi connectivity index (χ0n) is 10.6. The highest BCUT2D eigenvalue weighted by atomic mass is 16.3. The molecule has 1 heterocycles. The Bertz CT molecular complexity index is 362. The third-order valence-corrected chi connectivity index (χ3v) is 2.50. The van der Waals surface area contributed by atoms with Gasteiger partial charge < -0.3 is 10.0 Å². The van der Waals surface area contributed by atoms with E-state index in [9.17, 15) is 4.79 Å². The number of rotatable bonds is 6. The monoisotopic (exact) mass is 240 g/mol. The summed E-state index contributed by atoms with van der Waals surface area (Å²) in [5, 5.41) is 15.5. The van der Waals surface area contributed by atoms with Gasteiger partial charge >= 0.3 is 0 Å². The molecule has 0 aliphatic rings. The number of nitrogens with zero attached hydrogens (tertiary/aromatic N) is 3. The lowest BCUT2D eigenvalue weighted by Crippen LogP contribution is -2.38. The smallest absolute Gasteiger partial charge is 0.293 e. The number of aliphatic hydroxyl groups excluding tert-OH is 1. The summed E-state index contributed by atoms with van der Waals surface area (Å²) in [7, 11) is 0. The summed E-state index contributed by atoms with van der Waals surface area (Å²) in [4.78, 5) is 17.9. The maximum atomic E-state index is 12.1. The maximum absolute atomic E-state index is 12.1. The van der Waals surface area contributed by atoms with Gasteiger partial charge in [-0.25, -0.2) is 4.98 Å². The highest BCUT2D eigenvalue weighted by Gasteiger charge is 2.21. The van der Waals surface area contributed by atoms with Crippen LogP contribution in [-0.4, -0.2) is 50.3 Å². The van der Waals surface area contributed by atoms with E-state index in [0.29, 0.717) is 18.8 Å². The first-order valence-corrected chi connectivity index (χ1v) is 5.93. The number of aromatic amines is 1. The van der Waals surface area contributed by atoms with Gasteiger partial charge in [0.1, 0.15) is 5.82 Å². The minimum Gasteiger partial charge on any atom is -0.396 e. The zero-order chi connectivity index (χ0) is 12.8. The van der Waals surface area contributed by atoms with Crippen molar-refractivity contribution in [3.63, 3.8) is 0 Å². The molecule has 0 spiro atoms. The van der Waals surface area contributed by atoms with E-state index < -0.39 is 0 Å². The summed E-state index contributed by atoms with van der Waals surface area (Å²) in [6.07, 6.45) is 1.29. The average molecular weight is 240 g/mol. The lowest BCUT2D eigenvalue weighted by Gasteiger charge is -2.25. The van der Waals surface area contributed by atoms with Gasteiger partial charge in [-0.05, 0) is 20.3 Å². The van der Waals surface area contributed by atoms with Crippen LogP contribution in [-0.2, 0) is 6.42 Å². The van der Waals surface area contributed by atoms with Crippen LogP contribution in [0, 0.1) is 0 Å². The maximum Gasteiger partial charge on any atom is 0.293 e. The summed E-state index contributed by atoms with van der Waals surface area (Å²) in [5.41, 5.74) is 0. The van der Waals surface area contributed by atoms with Gasteiger partial charge in [0, 0.05) is 25.6 Å². The van der Waals surface area contributed by atoms with Crippen LogP contribution in [0.5, 0.6) is 0 Å². The summed E-state index contributed by atoms with van der Waals surface area (Å²) < 4.78 is 0. The molecule has 1 aromatic rings. The average Bonchev–Trinajstić information content (AvgIpc) is 2.77. The molecule has 0 fully saturated rings. The van der Waals surface area contributed by atoms with E-state index in [1.165, 1.54) is 0 Å². The Labute approximate surface area is 101 Å². The molecule has 0 radical (unpaired) electrons. The number of amides is 1. The number of hydrogen-bond donors (Lipinski definition) is 2. The third-order valence-electron chi connectivity index (χ3n) is 2.50. The van der Waals surface area contributed by atoms with E-state index in [4.69, 9.17) is 5.11 Å². The van der Waals surface area contributed by atoms with Gasteiger partial charge in [-0.2, -0.15) is 0 Å². The first-order valence-electron chi connectivity index (χ1n) is 5.93. The van der Waals surface area contributed by atoms with Gasteiger partial charge in [0.15, 0.2) is 0 Å². The molecular weight excluding hydrogens is 220 g/mol. The molecule has 96 valence electrons. The second-order valence-corrected chi connectivity index (χ2v) is 4.13. The number of aliphatic hydroxyl groups is 1. The van der Waals surface area contributed by atoms with E-state index in [-0.39, 0.29) is 24.4 Å². The van der Waals surface area contributed by atoms with Crippen molar-refractivity contribution in [2.24, 2.45) is 0 Å². The normalized spacial score (nSPS) is 10.9. The Morgan fingerprint density at radius 1 is 1.53 bits per heavy atom. The van der Waals surface area contributed by atoms with Gasteiger partial charge in [-0.15, -0.1) is 5.10 Å². The number of aromatic nitrogens is 3. The van der Waals surface area contributed by atoms with Crippen molar-refractivity contribution >= 4 is 5.91 Å². The fourth-order valence-electron chi connectivity index (χ4n) is 1.51. The fraction of sp³-hybridized carbons (Fsp3) is 0.727. The van der Waals surface area contributed by atoms with E-state index in [1.54, 1.807) is 4.90 Å². The predicted molar refractivity (Wildman–Crippen MR) is 63.6 cm³/mol. The van der Waals surface area contributed by atoms with Crippen molar-refractivity contribution in [3.05, 3.63) is 11.6 Å². The Morgan fingerprint density at radius 3 is 2.71 bits per heavy atom. The molecule has 6 heteroatoms.